The molecule has 0 spiro atoms. The SMILES string of the molecule is O=c1c2ccc(Cl)cc2nc(Cl)n1C1CCCN1. The summed E-state index contributed by atoms with van der Waals surface area (Å²) in [6.07, 6.45) is 1.87. The molecule has 1 fully saturated rings. The van der Waals surface area contributed by atoms with Crippen LogP contribution < -0.4 is 10.9 Å². The molecule has 94 valence electrons. The number of nitrogens with zero attached hydrogens (tertiary/aromatic N) is 2. The third-order valence-electron chi connectivity index (χ3n) is 3.17. The zero-order valence-electron chi connectivity index (χ0n) is 9.49. The Hall–Kier alpha value is -1.10. The van der Waals surface area contributed by atoms with Gasteiger partial charge < -0.3 is 0 Å². The smallest absolute Gasteiger partial charge is 0.263 e. The second-order valence-electron chi connectivity index (χ2n) is 4.33. The average molecular weight is 284 g/mol. The molecular formula is C12H11Cl2N3O. The first-order chi connectivity index (χ1) is 8.66. The van der Waals surface area contributed by atoms with Crippen molar-refractivity contribution in [1.82, 2.24) is 14.9 Å². The van der Waals surface area contributed by atoms with E-state index >= 15 is 0 Å². The molecule has 3 rings (SSSR count). The number of hydrogen-bond acceptors (Lipinski definition) is 3. The molecule has 0 saturated carbocycles. The van der Waals surface area contributed by atoms with Crippen molar-refractivity contribution < 1.29 is 0 Å². The van der Waals surface area contributed by atoms with Crippen molar-refractivity contribution >= 4 is 34.1 Å². The van der Waals surface area contributed by atoms with Gasteiger partial charge in [-0.05, 0) is 49.2 Å². The number of hydrogen-bond donors (Lipinski definition) is 1. The van der Waals surface area contributed by atoms with E-state index in [2.05, 4.69) is 10.3 Å². The summed E-state index contributed by atoms with van der Waals surface area (Å²) in [5.41, 5.74) is 0.410. The van der Waals surface area contributed by atoms with Crippen LogP contribution in [0.2, 0.25) is 10.3 Å². The van der Waals surface area contributed by atoms with E-state index in [4.69, 9.17) is 23.2 Å². The van der Waals surface area contributed by atoms with Crippen LogP contribution in [-0.2, 0) is 0 Å². The molecule has 4 nitrogen and oxygen atoms in total. The van der Waals surface area contributed by atoms with E-state index in [0.717, 1.165) is 19.4 Å². The van der Waals surface area contributed by atoms with Crippen molar-refractivity contribution in [3.8, 4) is 0 Å². The lowest BCUT2D eigenvalue weighted by atomic mass is 10.2. The van der Waals surface area contributed by atoms with E-state index in [1.807, 2.05) is 0 Å². The first-order valence-corrected chi connectivity index (χ1v) is 6.53. The van der Waals surface area contributed by atoms with Gasteiger partial charge in [-0.1, -0.05) is 11.6 Å². The first kappa shape index (κ1) is 12.0. The number of aromatic nitrogens is 2. The standard InChI is InChI=1S/C12H11Cl2N3O/c13-7-3-4-8-9(6-7)16-12(14)17(11(8)18)10-2-1-5-15-10/h3-4,6,10,15H,1-2,5H2. The van der Waals surface area contributed by atoms with Crippen LogP contribution in [0.15, 0.2) is 23.0 Å². The largest absolute Gasteiger partial charge is 0.297 e. The Morgan fingerprint density at radius 1 is 1.39 bits per heavy atom. The molecule has 2 heterocycles. The average Bonchev–Trinajstić information content (AvgIpc) is 2.82. The highest BCUT2D eigenvalue weighted by Gasteiger charge is 2.21. The summed E-state index contributed by atoms with van der Waals surface area (Å²) in [4.78, 5) is 16.6. The molecule has 1 atom stereocenters. The van der Waals surface area contributed by atoms with Crippen molar-refractivity contribution in [1.29, 1.82) is 0 Å². The molecule has 0 amide bonds. The molecule has 1 aromatic heterocycles. The number of halogens is 2. The summed E-state index contributed by atoms with van der Waals surface area (Å²) >= 11 is 12.0. The van der Waals surface area contributed by atoms with E-state index in [0.29, 0.717) is 15.9 Å². The van der Waals surface area contributed by atoms with Gasteiger partial charge in [0.1, 0.15) is 0 Å². The van der Waals surface area contributed by atoms with Crippen LogP contribution in [0, 0.1) is 0 Å². The molecule has 1 aromatic carbocycles. The third kappa shape index (κ3) is 1.90. The summed E-state index contributed by atoms with van der Waals surface area (Å²) in [5.74, 6) is 0. The molecule has 1 N–H and O–H groups in total. The zero-order valence-corrected chi connectivity index (χ0v) is 11.0. The van der Waals surface area contributed by atoms with Crippen LogP contribution in [0.25, 0.3) is 10.9 Å². The molecule has 2 aromatic rings. The molecule has 6 heteroatoms. The first-order valence-electron chi connectivity index (χ1n) is 5.77. The van der Waals surface area contributed by atoms with Gasteiger partial charge in [0, 0.05) is 5.02 Å². The Kier molecular flexibility index (Phi) is 3.01. The van der Waals surface area contributed by atoms with Gasteiger partial charge in [0.2, 0.25) is 5.28 Å². The number of nitrogens with one attached hydrogen (secondary N) is 1. The second kappa shape index (κ2) is 4.53. The van der Waals surface area contributed by atoms with Gasteiger partial charge in [-0.25, -0.2) is 4.98 Å². The minimum absolute atomic E-state index is 0.0578. The molecule has 0 bridgehead atoms. The van der Waals surface area contributed by atoms with Crippen LogP contribution in [0.3, 0.4) is 0 Å². The Labute approximate surface area is 114 Å². The maximum Gasteiger partial charge on any atom is 0.263 e. The minimum atomic E-state index is -0.124. The fourth-order valence-corrected chi connectivity index (χ4v) is 2.75. The van der Waals surface area contributed by atoms with Gasteiger partial charge >= 0.3 is 0 Å². The van der Waals surface area contributed by atoms with Gasteiger partial charge in [-0.2, -0.15) is 0 Å². The molecule has 1 saturated heterocycles. The van der Waals surface area contributed by atoms with Crippen molar-refractivity contribution in [2.24, 2.45) is 0 Å². The summed E-state index contributed by atoms with van der Waals surface area (Å²) in [6.45, 7) is 0.895. The van der Waals surface area contributed by atoms with E-state index in [9.17, 15) is 4.79 Å². The molecule has 18 heavy (non-hydrogen) atoms. The van der Waals surface area contributed by atoms with Crippen LogP contribution in [0.1, 0.15) is 19.0 Å². The van der Waals surface area contributed by atoms with Crippen molar-refractivity contribution in [2.45, 2.75) is 19.0 Å². The lowest BCUT2D eigenvalue weighted by Gasteiger charge is -2.16. The maximum absolute atomic E-state index is 12.4. The molecule has 1 aliphatic rings. The highest BCUT2D eigenvalue weighted by molar-refractivity contribution is 6.31. The Balaban J connectivity index is 2.26. The van der Waals surface area contributed by atoms with Gasteiger partial charge in [0.05, 0.1) is 17.1 Å². The van der Waals surface area contributed by atoms with E-state index in [1.165, 1.54) is 4.57 Å². The maximum atomic E-state index is 12.4. The normalized spacial score (nSPS) is 19.6. The minimum Gasteiger partial charge on any atom is -0.297 e. The highest BCUT2D eigenvalue weighted by Crippen LogP contribution is 2.22. The Morgan fingerprint density at radius 2 is 2.22 bits per heavy atom. The molecule has 1 unspecified atom stereocenters. The lowest BCUT2D eigenvalue weighted by Crippen LogP contribution is -2.31. The molecular weight excluding hydrogens is 273 g/mol. The van der Waals surface area contributed by atoms with Crippen LogP contribution in [0.5, 0.6) is 0 Å². The van der Waals surface area contributed by atoms with Crippen LogP contribution >= 0.6 is 23.2 Å². The summed E-state index contributed by atoms with van der Waals surface area (Å²) in [7, 11) is 0. The predicted octanol–water partition coefficient (Wildman–Crippen LogP) is 2.59. The molecule has 0 radical (unpaired) electrons. The summed E-state index contributed by atoms with van der Waals surface area (Å²) in [6, 6.07) is 5.03. The topological polar surface area (TPSA) is 46.9 Å². The number of fused-ring (bicyclic) bond motifs is 1. The van der Waals surface area contributed by atoms with Gasteiger partial charge in [-0.3, -0.25) is 14.7 Å². The van der Waals surface area contributed by atoms with Crippen LogP contribution in [-0.4, -0.2) is 16.1 Å². The number of rotatable bonds is 1. The van der Waals surface area contributed by atoms with Gasteiger partial charge in [0.25, 0.3) is 5.56 Å². The fraction of sp³-hybridized carbons (Fsp3) is 0.333. The van der Waals surface area contributed by atoms with E-state index < -0.39 is 0 Å². The predicted molar refractivity (Wildman–Crippen MR) is 72.3 cm³/mol. The lowest BCUT2D eigenvalue weighted by molar-refractivity contribution is 0.453. The molecule has 0 aliphatic carbocycles. The van der Waals surface area contributed by atoms with Gasteiger partial charge in [0.15, 0.2) is 0 Å². The van der Waals surface area contributed by atoms with Crippen LogP contribution in [0.4, 0.5) is 0 Å². The monoisotopic (exact) mass is 283 g/mol. The quantitative estimate of drug-likeness (QED) is 0.819. The Bertz CT molecular complexity index is 662. The fourth-order valence-electron chi connectivity index (χ4n) is 2.30. The van der Waals surface area contributed by atoms with E-state index in [1.54, 1.807) is 18.2 Å². The summed E-state index contributed by atoms with van der Waals surface area (Å²) < 4.78 is 1.52. The van der Waals surface area contributed by atoms with E-state index in [-0.39, 0.29) is 17.0 Å². The van der Waals surface area contributed by atoms with Gasteiger partial charge in [-0.15, -0.1) is 0 Å². The van der Waals surface area contributed by atoms with Crippen molar-refractivity contribution in [3.63, 3.8) is 0 Å². The third-order valence-corrected chi connectivity index (χ3v) is 3.67. The summed E-state index contributed by atoms with van der Waals surface area (Å²) in [5, 5.41) is 4.53. The van der Waals surface area contributed by atoms with Crippen molar-refractivity contribution in [3.05, 3.63) is 38.9 Å². The second-order valence-corrected chi connectivity index (χ2v) is 5.10. The zero-order chi connectivity index (χ0) is 12.7. The molecule has 1 aliphatic heterocycles. The Morgan fingerprint density at radius 3 is 2.94 bits per heavy atom. The number of benzene rings is 1. The highest BCUT2D eigenvalue weighted by atomic mass is 35.5. The van der Waals surface area contributed by atoms with Crippen molar-refractivity contribution in [2.75, 3.05) is 6.54 Å².